The van der Waals surface area contributed by atoms with Gasteiger partial charge in [-0.25, -0.2) is 0 Å². The first kappa shape index (κ1) is 17.2. The minimum atomic E-state index is -0.0574. The normalized spacial score (nSPS) is 19.9. The summed E-state index contributed by atoms with van der Waals surface area (Å²) in [7, 11) is 0. The molecule has 2 aromatic rings. The molecule has 2 aliphatic heterocycles. The molecule has 1 N–H and O–H groups in total. The maximum absolute atomic E-state index is 12.4. The summed E-state index contributed by atoms with van der Waals surface area (Å²) in [6, 6.07) is 11.7. The molecule has 1 aromatic carbocycles. The zero-order valence-electron chi connectivity index (χ0n) is 14.6. The minimum Gasteiger partial charge on any atom is -0.373 e. The lowest BCUT2D eigenvalue weighted by Gasteiger charge is -2.16. The molecule has 5 nitrogen and oxygen atoms in total. The second kappa shape index (κ2) is 7.60. The van der Waals surface area contributed by atoms with Crippen molar-refractivity contribution in [3.63, 3.8) is 0 Å². The van der Waals surface area contributed by atoms with Crippen LogP contribution in [0.2, 0.25) is 0 Å². The average molecular weight is 370 g/mol. The van der Waals surface area contributed by atoms with E-state index in [1.54, 1.807) is 0 Å². The van der Waals surface area contributed by atoms with Crippen LogP contribution >= 0.6 is 11.3 Å². The number of nitrogens with zero attached hydrogens (tertiary/aromatic N) is 1. The summed E-state index contributed by atoms with van der Waals surface area (Å²) in [5.74, 6) is 0.129. The van der Waals surface area contributed by atoms with E-state index in [1.165, 1.54) is 11.3 Å². The number of benzene rings is 1. The SMILES string of the molecule is O=C(NCc1ccc(N2CCCC2=O)cc1)c1ccc([C@H]2CCCO2)s1. The fraction of sp³-hybridized carbons (Fsp3) is 0.400. The topological polar surface area (TPSA) is 58.6 Å². The summed E-state index contributed by atoms with van der Waals surface area (Å²) in [4.78, 5) is 27.8. The number of hydrogen-bond acceptors (Lipinski definition) is 4. The van der Waals surface area contributed by atoms with Gasteiger partial charge in [0.2, 0.25) is 5.91 Å². The molecular formula is C20H22N2O3S. The van der Waals surface area contributed by atoms with Crippen LogP contribution in [0.25, 0.3) is 0 Å². The monoisotopic (exact) mass is 370 g/mol. The van der Waals surface area contributed by atoms with Crippen molar-refractivity contribution in [1.82, 2.24) is 5.32 Å². The van der Waals surface area contributed by atoms with E-state index in [2.05, 4.69) is 5.32 Å². The quantitative estimate of drug-likeness (QED) is 0.874. The molecule has 1 aromatic heterocycles. The smallest absolute Gasteiger partial charge is 0.261 e. The van der Waals surface area contributed by atoms with E-state index in [4.69, 9.17) is 4.74 Å². The third-order valence-electron chi connectivity index (χ3n) is 4.87. The van der Waals surface area contributed by atoms with Crippen molar-refractivity contribution < 1.29 is 14.3 Å². The molecule has 0 spiro atoms. The predicted molar refractivity (Wildman–Crippen MR) is 101 cm³/mol. The van der Waals surface area contributed by atoms with E-state index >= 15 is 0 Å². The van der Waals surface area contributed by atoms with E-state index < -0.39 is 0 Å². The van der Waals surface area contributed by atoms with Crippen LogP contribution in [0.3, 0.4) is 0 Å². The van der Waals surface area contributed by atoms with Crippen LogP contribution in [0.5, 0.6) is 0 Å². The van der Waals surface area contributed by atoms with Gasteiger partial charge in [-0.05, 0) is 49.1 Å². The summed E-state index contributed by atoms with van der Waals surface area (Å²) < 4.78 is 5.67. The molecule has 0 radical (unpaired) electrons. The zero-order chi connectivity index (χ0) is 17.9. The maximum Gasteiger partial charge on any atom is 0.261 e. The van der Waals surface area contributed by atoms with Gasteiger partial charge in [-0.15, -0.1) is 11.3 Å². The van der Waals surface area contributed by atoms with Gasteiger partial charge in [0.25, 0.3) is 5.91 Å². The van der Waals surface area contributed by atoms with Gasteiger partial charge in [0.15, 0.2) is 0 Å². The molecule has 3 heterocycles. The van der Waals surface area contributed by atoms with Crippen LogP contribution in [0.1, 0.15) is 51.9 Å². The molecule has 26 heavy (non-hydrogen) atoms. The Morgan fingerprint density at radius 1 is 1.19 bits per heavy atom. The summed E-state index contributed by atoms with van der Waals surface area (Å²) >= 11 is 1.51. The zero-order valence-corrected chi connectivity index (χ0v) is 15.4. The van der Waals surface area contributed by atoms with E-state index in [0.29, 0.717) is 13.0 Å². The summed E-state index contributed by atoms with van der Waals surface area (Å²) in [5.41, 5.74) is 1.95. The highest BCUT2D eigenvalue weighted by Gasteiger charge is 2.22. The largest absolute Gasteiger partial charge is 0.373 e. The third-order valence-corrected chi connectivity index (χ3v) is 6.05. The molecular weight excluding hydrogens is 348 g/mol. The molecule has 136 valence electrons. The highest BCUT2D eigenvalue weighted by molar-refractivity contribution is 7.14. The second-order valence-electron chi connectivity index (χ2n) is 6.70. The Kier molecular flexibility index (Phi) is 5.04. The minimum absolute atomic E-state index is 0.0574. The molecule has 2 fully saturated rings. The molecule has 0 bridgehead atoms. The summed E-state index contributed by atoms with van der Waals surface area (Å²) in [6.45, 7) is 2.07. The highest BCUT2D eigenvalue weighted by Crippen LogP contribution is 2.33. The van der Waals surface area contributed by atoms with Crippen LogP contribution in [0.15, 0.2) is 36.4 Å². The van der Waals surface area contributed by atoms with Crippen LogP contribution < -0.4 is 10.2 Å². The first-order valence-electron chi connectivity index (χ1n) is 9.09. The van der Waals surface area contributed by atoms with E-state index in [9.17, 15) is 9.59 Å². The van der Waals surface area contributed by atoms with Crippen LogP contribution in [0, 0.1) is 0 Å². The van der Waals surface area contributed by atoms with Gasteiger partial charge in [-0.2, -0.15) is 0 Å². The molecule has 0 unspecified atom stereocenters. The van der Waals surface area contributed by atoms with Crippen LogP contribution in [0.4, 0.5) is 5.69 Å². The number of hydrogen-bond donors (Lipinski definition) is 1. The number of carbonyl (C=O) groups excluding carboxylic acids is 2. The number of ether oxygens (including phenoxy) is 1. The van der Waals surface area contributed by atoms with Gasteiger partial charge in [-0.3, -0.25) is 9.59 Å². The number of anilines is 1. The summed E-state index contributed by atoms with van der Waals surface area (Å²) in [6.07, 6.45) is 3.83. The standard InChI is InChI=1S/C20H22N2O3S/c23-19-4-1-11-22(19)15-7-5-14(6-8-15)13-21-20(24)18-10-9-17(26-18)16-3-2-12-25-16/h5-10,16H,1-4,11-13H2,(H,21,24)/t16-/m1/s1. The van der Waals surface area contributed by atoms with Crippen molar-refractivity contribution >= 4 is 28.8 Å². The van der Waals surface area contributed by atoms with Crippen LogP contribution in [-0.2, 0) is 16.1 Å². The van der Waals surface area contributed by atoms with E-state index in [-0.39, 0.29) is 17.9 Å². The number of carbonyl (C=O) groups is 2. The van der Waals surface area contributed by atoms with Gasteiger partial charge in [0.1, 0.15) is 0 Å². The lowest BCUT2D eigenvalue weighted by atomic mass is 10.2. The Morgan fingerprint density at radius 2 is 2.04 bits per heavy atom. The molecule has 0 aliphatic carbocycles. The average Bonchev–Trinajstić information content (AvgIpc) is 3.40. The van der Waals surface area contributed by atoms with Crippen LogP contribution in [-0.4, -0.2) is 25.0 Å². The van der Waals surface area contributed by atoms with Gasteiger partial charge in [-0.1, -0.05) is 12.1 Å². The second-order valence-corrected chi connectivity index (χ2v) is 7.82. The van der Waals surface area contributed by atoms with Gasteiger partial charge >= 0.3 is 0 Å². The highest BCUT2D eigenvalue weighted by atomic mass is 32.1. The first-order valence-corrected chi connectivity index (χ1v) is 9.91. The Bertz CT molecular complexity index is 794. The fourth-order valence-corrected chi connectivity index (χ4v) is 4.44. The van der Waals surface area contributed by atoms with Gasteiger partial charge < -0.3 is 15.0 Å². The lowest BCUT2D eigenvalue weighted by Crippen LogP contribution is -2.24. The molecule has 0 saturated carbocycles. The molecule has 2 aliphatic rings. The lowest BCUT2D eigenvalue weighted by molar-refractivity contribution is -0.117. The molecule has 1 atom stereocenters. The maximum atomic E-state index is 12.4. The summed E-state index contributed by atoms with van der Waals surface area (Å²) in [5, 5.41) is 2.97. The molecule has 2 saturated heterocycles. The Balaban J connectivity index is 1.33. The number of thiophene rings is 1. The molecule has 6 heteroatoms. The fourth-order valence-electron chi connectivity index (χ4n) is 3.43. The Hall–Kier alpha value is -2.18. The molecule has 4 rings (SSSR count). The van der Waals surface area contributed by atoms with E-state index in [1.807, 2.05) is 41.3 Å². The molecule has 2 amide bonds. The number of nitrogens with one attached hydrogen (secondary N) is 1. The van der Waals surface area contributed by atoms with Crippen molar-refractivity contribution in [3.05, 3.63) is 51.7 Å². The number of amides is 2. The van der Waals surface area contributed by atoms with Crippen molar-refractivity contribution in [3.8, 4) is 0 Å². The first-order chi connectivity index (χ1) is 12.7. The third kappa shape index (κ3) is 3.66. The van der Waals surface area contributed by atoms with E-state index in [0.717, 1.165) is 53.4 Å². The number of rotatable bonds is 5. The van der Waals surface area contributed by atoms with Gasteiger partial charge in [0.05, 0.1) is 11.0 Å². The predicted octanol–water partition coefficient (Wildman–Crippen LogP) is 3.66. The van der Waals surface area contributed by atoms with Crippen molar-refractivity contribution in [2.75, 3.05) is 18.1 Å². The Morgan fingerprint density at radius 3 is 2.73 bits per heavy atom. The van der Waals surface area contributed by atoms with Gasteiger partial charge in [0, 0.05) is 36.7 Å². The van der Waals surface area contributed by atoms with Crippen molar-refractivity contribution in [2.24, 2.45) is 0 Å². The Labute approximate surface area is 157 Å². The van der Waals surface area contributed by atoms with Crippen molar-refractivity contribution in [1.29, 1.82) is 0 Å². The van der Waals surface area contributed by atoms with Crippen molar-refractivity contribution in [2.45, 2.75) is 38.3 Å².